The maximum atomic E-state index is 11.9. The molecule has 0 aliphatic carbocycles. The van der Waals surface area contributed by atoms with Crippen molar-refractivity contribution in [2.45, 2.75) is 19.3 Å². The van der Waals surface area contributed by atoms with Crippen LogP contribution in [0, 0.1) is 0 Å². The zero-order valence-electron chi connectivity index (χ0n) is 19.5. The van der Waals surface area contributed by atoms with E-state index in [1.165, 1.54) is 0 Å². The molecule has 1 aromatic carbocycles. The molecule has 1 aliphatic heterocycles. The van der Waals surface area contributed by atoms with Crippen molar-refractivity contribution in [3.63, 3.8) is 0 Å². The molecule has 6 rings (SSSR count). The van der Waals surface area contributed by atoms with Gasteiger partial charge in [0.15, 0.2) is 17.0 Å². The standard InChI is InChI=1S/C25H25N9OS/c35-21-3-1-11-32(21)12-2-9-27-23-22-24(34(17-28-22)20-8-14-36-15-20)31-25(30-23)29-18-4-6-19(7-5-18)33-13-10-26-16-33/h4-8,10,13-17H,1-3,9,11-12H2,(H2,27,29,30,31). The molecule has 1 aliphatic rings. The smallest absolute Gasteiger partial charge is 0.231 e. The lowest BCUT2D eigenvalue weighted by Crippen LogP contribution is -2.27. The van der Waals surface area contributed by atoms with E-state index in [9.17, 15) is 4.79 Å². The molecule has 1 amide bonds. The average molecular weight is 500 g/mol. The van der Waals surface area contributed by atoms with Crippen LogP contribution in [0.2, 0.25) is 0 Å². The molecule has 0 spiro atoms. The molecule has 0 atom stereocenters. The maximum Gasteiger partial charge on any atom is 0.231 e. The number of likely N-dealkylation sites (tertiary alicyclic amines) is 1. The van der Waals surface area contributed by atoms with Crippen LogP contribution in [0.5, 0.6) is 0 Å². The van der Waals surface area contributed by atoms with E-state index >= 15 is 0 Å². The molecule has 1 fully saturated rings. The summed E-state index contributed by atoms with van der Waals surface area (Å²) in [6.07, 6.45) is 9.66. The number of amides is 1. The summed E-state index contributed by atoms with van der Waals surface area (Å²) in [5.41, 5.74) is 4.33. The number of fused-ring (bicyclic) bond motifs is 1. The summed E-state index contributed by atoms with van der Waals surface area (Å²) in [6, 6.07) is 10.0. The van der Waals surface area contributed by atoms with E-state index in [1.807, 2.05) is 55.9 Å². The van der Waals surface area contributed by atoms with Crippen molar-refractivity contribution in [1.29, 1.82) is 0 Å². The lowest BCUT2D eigenvalue weighted by Gasteiger charge is -2.15. The fraction of sp³-hybridized carbons (Fsp3) is 0.240. The molecule has 0 radical (unpaired) electrons. The molecule has 0 unspecified atom stereocenters. The maximum absolute atomic E-state index is 11.9. The fourth-order valence-corrected chi connectivity index (χ4v) is 4.97. The topological polar surface area (TPSA) is 106 Å². The number of carbonyl (C=O) groups is 1. The van der Waals surface area contributed by atoms with E-state index in [0.29, 0.717) is 30.2 Å². The fourth-order valence-electron chi connectivity index (χ4n) is 4.34. The van der Waals surface area contributed by atoms with Gasteiger partial charge in [-0.25, -0.2) is 9.97 Å². The average Bonchev–Trinajstić information content (AvgIpc) is 3.70. The van der Waals surface area contributed by atoms with Crippen molar-refractivity contribution in [3.05, 3.63) is 66.1 Å². The molecular formula is C25H25N9OS. The number of aromatic nitrogens is 6. The summed E-state index contributed by atoms with van der Waals surface area (Å²) in [5.74, 6) is 1.39. The molecule has 5 aromatic rings. The summed E-state index contributed by atoms with van der Waals surface area (Å²) in [4.78, 5) is 32.1. The summed E-state index contributed by atoms with van der Waals surface area (Å²) < 4.78 is 3.92. The van der Waals surface area contributed by atoms with Crippen LogP contribution < -0.4 is 10.6 Å². The molecule has 5 heterocycles. The molecule has 11 heteroatoms. The Morgan fingerprint density at radius 1 is 1.06 bits per heavy atom. The van der Waals surface area contributed by atoms with Gasteiger partial charge in [-0.3, -0.25) is 9.36 Å². The number of anilines is 3. The number of hydrogen-bond acceptors (Lipinski definition) is 8. The van der Waals surface area contributed by atoms with Gasteiger partial charge in [-0.05, 0) is 48.6 Å². The van der Waals surface area contributed by atoms with E-state index in [-0.39, 0.29) is 5.91 Å². The predicted octanol–water partition coefficient (Wildman–Crippen LogP) is 4.23. The van der Waals surface area contributed by atoms with Crippen LogP contribution in [-0.4, -0.2) is 59.5 Å². The molecule has 1 saturated heterocycles. The SMILES string of the molecule is O=C1CCCN1CCCNc1nc(Nc2ccc(-n3ccnc3)cc2)nc2c1ncn2-c1ccsc1. The first-order valence-electron chi connectivity index (χ1n) is 11.9. The van der Waals surface area contributed by atoms with Crippen molar-refractivity contribution in [3.8, 4) is 11.4 Å². The number of imidazole rings is 2. The van der Waals surface area contributed by atoms with Crippen molar-refractivity contribution in [1.82, 2.24) is 34.0 Å². The van der Waals surface area contributed by atoms with Crippen LogP contribution >= 0.6 is 11.3 Å². The van der Waals surface area contributed by atoms with Gasteiger partial charge in [0, 0.05) is 55.2 Å². The summed E-state index contributed by atoms with van der Waals surface area (Å²) >= 11 is 1.62. The summed E-state index contributed by atoms with van der Waals surface area (Å²) in [6.45, 7) is 2.29. The highest BCUT2D eigenvalue weighted by molar-refractivity contribution is 7.08. The van der Waals surface area contributed by atoms with Crippen molar-refractivity contribution in [2.75, 3.05) is 30.3 Å². The number of benzene rings is 1. The number of thiophene rings is 1. The minimum atomic E-state index is 0.250. The third kappa shape index (κ3) is 4.52. The van der Waals surface area contributed by atoms with E-state index in [1.54, 1.807) is 30.2 Å². The van der Waals surface area contributed by atoms with Gasteiger partial charge in [0.05, 0.1) is 12.0 Å². The number of carbonyl (C=O) groups excluding carboxylic acids is 1. The summed E-state index contributed by atoms with van der Waals surface area (Å²) in [7, 11) is 0. The van der Waals surface area contributed by atoms with Crippen LogP contribution in [0.25, 0.3) is 22.5 Å². The highest BCUT2D eigenvalue weighted by atomic mass is 32.1. The predicted molar refractivity (Wildman–Crippen MR) is 140 cm³/mol. The monoisotopic (exact) mass is 499 g/mol. The van der Waals surface area contributed by atoms with Crippen LogP contribution in [0.15, 0.2) is 66.1 Å². The van der Waals surface area contributed by atoms with Gasteiger partial charge in [-0.15, -0.1) is 0 Å². The number of nitrogens with one attached hydrogen (secondary N) is 2. The molecule has 10 nitrogen and oxygen atoms in total. The van der Waals surface area contributed by atoms with Crippen LogP contribution in [0.3, 0.4) is 0 Å². The second kappa shape index (κ2) is 9.78. The number of nitrogens with zero attached hydrogens (tertiary/aromatic N) is 7. The largest absolute Gasteiger partial charge is 0.368 e. The lowest BCUT2D eigenvalue weighted by molar-refractivity contribution is -0.127. The molecule has 2 N–H and O–H groups in total. The van der Waals surface area contributed by atoms with E-state index in [4.69, 9.17) is 9.97 Å². The van der Waals surface area contributed by atoms with Gasteiger partial charge < -0.3 is 20.1 Å². The minimum absolute atomic E-state index is 0.250. The zero-order valence-corrected chi connectivity index (χ0v) is 20.4. The Hall–Kier alpha value is -4.25. The van der Waals surface area contributed by atoms with Gasteiger partial charge in [0.25, 0.3) is 0 Å². The molecule has 0 saturated carbocycles. The van der Waals surface area contributed by atoms with E-state index in [2.05, 4.69) is 26.0 Å². The van der Waals surface area contributed by atoms with Gasteiger partial charge >= 0.3 is 0 Å². The molecule has 182 valence electrons. The zero-order chi connectivity index (χ0) is 24.3. The van der Waals surface area contributed by atoms with Crippen molar-refractivity contribution in [2.24, 2.45) is 0 Å². The van der Waals surface area contributed by atoms with Crippen molar-refractivity contribution >= 4 is 45.9 Å². The lowest BCUT2D eigenvalue weighted by atomic mass is 10.3. The number of rotatable bonds is 9. The third-order valence-corrected chi connectivity index (χ3v) is 6.85. The summed E-state index contributed by atoms with van der Waals surface area (Å²) in [5, 5.41) is 10.9. The second-order valence-corrected chi connectivity index (χ2v) is 9.35. The first-order chi connectivity index (χ1) is 17.7. The molecule has 36 heavy (non-hydrogen) atoms. The van der Waals surface area contributed by atoms with E-state index in [0.717, 1.165) is 48.6 Å². The molecule has 4 aromatic heterocycles. The second-order valence-electron chi connectivity index (χ2n) is 8.57. The van der Waals surface area contributed by atoms with Crippen molar-refractivity contribution < 1.29 is 4.79 Å². The Morgan fingerprint density at radius 3 is 2.72 bits per heavy atom. The van der Waals surface area contributed by atoms with Gasteiger partial charge in [0.1, 0.15) is 6.33 Å². The molecular weight excluding hydrogens is 474 g/mol. The van der Waals surface area contributed by atoms with Gasteiger partial charge in [-0.1, -0.05) is 0 Å². The first-order valence-corrected chi connectivity index (χ1v) is 12.8. The third-order valence-electron chi connectivity index (χ3n) is 6.18. The quantitative estimate of drug-likeness (QED) is 0.292. The normalized spacial score (nSPS) is 13.6. The van der Waals surface area contributed by atoms with Crippen LogP contribution in [-0.2, 0) is 4.79 Å². The Kier molecular flexibility index (Phi) is 6.04. The van der Waals surface area contributed by atoms with E-state index < -0.39 is 0 Å². The highest BCUT2D eigenvalue weighted by Gasteiger charge is 2.19. The first kappa shape index (κ1) is 22.2. The Bertz CT molecular complexity index is 1460. The van der Waals surface area contributed by atoms with Gasteiger partial charge in [0.2, 0.25) is 11.9 Å². The number of hydrogen-bond donors (Lipinski definition) is 2. The molecule has 0 bridgehead atoms. The van der Waals surface area contributed by atoms with Crippen LogP contribution in [0.1, 0.15) is 19.3 Å². The minimum Gasteiger partial charge on any atom is -0.368 e. The highest BCUT2D eigenvalue weighted by Crippen LogP contribution is 2.26. The Morgan fingerprint density at radius 2 is 1.97 bits per heavy atom. The van der Waals surface area contributed by atoms with Crippen LogP contribution in [0.4, 0.5) is 17.5 Å². The Labute approximate surface area is 211 Å². The van der Waals surface area contributed by atoms with Gasteiger partial charge in [-0.2, -0.15) is 21.3 Å². The Balaban J connectivity index is 1.25.